The lowest BCUT2D eigenvalue weighted by Crippen LogP contribution is -2.21. The highest BCUT2D eigenvalue weighted by Gasteiger charge is 2.18. The first kappa shape index (κ1) is 15.4. The SMILES string of the molecule is Cc1nc(CCOC(=O)C(C)C(C)C)nc2ccccc12. The van der Waals surface area contributed by atoms with E-state index in [2.05, 4.69) is 9.97 Å². The molecule has 4 nitrogen and oxygen atoms in total. The standard InChI is InChI=1S/C17H22N2O2/c1-11(2)12(3)17(20)21-10-9-16-18-13(4)14-7-5-6-8-15(14)19-16/h5-8,11-12H,9-10H2,1-4H3. The monoisotopic (exact) mass is 286 g/mol. The third-order valence-electron chi connectivity index (χ3n) is 3.78. The highest BCUT2D eigenvalue weighted by Crippen LogP contribution is 2.15. The summed E-state index contributed by atoms with van der Waals surface area (Å²) in [5, 5.41) is 1.06. The van der Waals surface area contributed by atoms with E-state index in [0.29, 0.717) is 13.0 Å². The molecule has 1 atom stereocenters. The van der Waals surface area contributed by atoms with Gasteiger partial charge in [-0.2, -0.15) is 0 Å². The van der Waals surface area contributed by atoms with Crippen LogP contribution < -0.4 is 0 Å². The van der Waals surface area contributed by atoms with Gasteiger partial charge in [-0.15, -0.1) is 0 Å². The van der Waals surface area contributed by atoms with Crippen LogP contribution in [0.1, 0.15) is 32.3 Å². The third-order valence-corrected chi connectivity index (χ3v) is 3.78. The molecule has 0 amide bonds. The zero-order chi connectivity index (χ0) is 15.4. The molecule has 0 aliphatic rings. The summed E-state index contributed by atoms with van der Waals surface area (Å²) in [5.41, 5.74) is 1.89. The maximum Gasteiger partial charge on any atom is 0.308 e. The quantitative estimate of drug-likeness (QED) is 0.791. The Hall–Kier alpha value is -1.97. The van der Waals surface area contributed by atoms with Crippen molar-refractivity contribution in [3.63, 3.8) is 0 Å². The molecular formula is C17H22N2O2. The third kappa shape index (κ3) is 3.78. The molecular weight excluding hydrogens is 264 g/mol. The molecule has 0 aliphatic carbocycles. The van der Waals surface area contributed by atoms with Crippen molar-refractivity contribution in [3.8, 4) is 0 Å². The van der Waals surface area contributed by atoms with Crippen molar-refractivity contribution >= 4 is 16.9 Å². The minimum absolute atomic E-state index is 0.0794. The molecule has 1 aromatic carbocycles. The summed E-state index contributed by atoms with van der Waals surface area (Å²) in [7, 11) is 0. The van der Waals surface area contributed by atoms with Crippen molar-refractivity contribution in [2.24, 2.45) is 11.8 Å². The lowest BCUT2D eigenvalue weighted by Gasteiger charge is -2.14. The van der Waals surface area contributed by atoms with Crippen LogP contribution in [0.25, 0.3) is 10.9 Å². The van der Waals surface area contributed by atoms with Gasteiger partial charge in [-0.1, -0.05) is 39.0 Å². The number of hydrogen-bond donors (Lipinski definition) is 0. The number of esters is 1. The van der Waals surface area contributed by atoms with E-state index < -0.39 is 0 Å². The van der Waals surface area contributed by atoms with Gasteiger partial charge in [0, 0.05) is 17.5 Å². The van der Waals surface area contributed by atoms with E-state index in [4.69, 9.17) is 4.74 Å². The van der Waals surface area contributed by atoms with Gasteiger partial charge in [0.25, 0.3) is 0 Å². The van der Waals surface area contributed by atoms with Crippen molar-refractivity contribution in [1.82, 2.24) is 9.97 Å². The summed E-state index contributed by atoms with van der Waals surface area (Å²) in [6, 6.07) is 7.93. The molecule has 0 aliphatic heterocycles. The summed E-state index contributed by atoms with van der Waals surface area (Å²) in [5.74, 6) is 0.777. The van der Waals surface area contributed by atoms with Crippen LogP contribution in [0, 0.1) is 18.8 Å². The van der Waals surface area contributed by atoms with E-state index in [0.717, 1.165) is 22.4 Å². The Morgan fingerprint density at radius 2 is 1.90 bits per heavy atom. The molecule has 21 heavy (non-hydrogen) atoms. The molecule has 0 spiro atoms. The molecule has 4 heteroatoms. The van der Waals surface area contributed by atoms with Gasteiger partial charge < -0.3 is 4.74 Å². The number of aromatic nitrogens is 2. The number of ether oxygens (including phenoxy) is 1. The van der Waals surface area contributed by atoms with Gasteiger partial charge in [0.1, 0.15) is 5.82 Å². The van der Waals surface area contributed by atoms with Crippen LogP contribution in [0.5, 0.6) is 0 Å². The van der Waals surface area contributed by atoms with Crippen molar-refractivity contribution < 1.29 is 9.53 Å². The predicted molar refractivity (Wildman–Crippen MR) is 82.9 cm³/mol. The summed E-state index contributed by atoms with van der Waals surface area (Å²) < 4.78 is 5.30. The summed E-state index contributed by atoms with van der Waals surface area (Å²) in [6.07, 6.45) is 0.544. The highest BCUT2D eigenvalue weighted by atomic mass is 16.5. The smallest absolute Gasteiger partial charge is 0.308 e. The minimum atomic E-state index is -0.150. The lowest BCUT2D eigenvalue weighted by atomic mass is 9.99. The average molecular weight is 286 g/mol. The number of para-hydroxylation sites is 1. The van der Waals surface area contributed by atoms with Crippen molar-refractivity contribution in [3.05, 3.63) is 35.8 Å². The van der Waals surface area contributed by atoms with Gasteiger partial charge in [0.2, 0.25) is 0 Å². The van der Waals surface area contributed by atoms with E-state index in [9.17, 15) is 4.79 Å². The summed E-state index contributed by atoms with van der Waals surface area (Å²) >= 11 is 0. The Labute approximate surface area is 125 Å². The van der Waals surface area contributed by atoms with Crippen molar-refractivity contribution in [2.75, 3.05) is 6.61 Å². The van der Waals surface area contributed by atoms with Gasteiger partial charge in [-0.3, -0.25) is 4.79 Å². The fourth-order valence-electron chi connectivity index (χ4n) is 2.05. The fraction of sp³-hybridized carbons (Fsp3) is 0.471. The molecule has 2 aromatic rings. The van der Waals surface area contributed by atoms with Crippen molar-refractivity contribution in [2.45, 2.75) is 34.1 Å². The second-order valence-electron chi connectivity index (χ2n) is 5.69. The van der Waals surface area contributed by atoms with Crippen LogP contribution in [-0.2, 0) is 16.0 Å². The lowest BCUT2D eigenvalue weighted by molar-refractivity contribution is -0.149. The number of benzene rings is 1. The van der Waals surface area contributed by atoms with Crippen LogP contribution >= 0.6 is 0 Å². The van der Waals surface area contributed by atoms with Gasteiger partial charge in [-0.05, 0) is 18.9 Å². The van der Waals surface area contributed by atoms with E-state index in [1.807, 2.05) is 52.0 Å². The maximum atomic E-state index is 11.8. The number of carbonyl (C=O) groups is 1. The van der Waals surface area contributed by atoms with E-state index in [-0.39, 0.29) is 17.8 Å². The first-order valence-corrected chi connectivity index (χ1v) is 7.38. The Kier molecular flexibility index (Phi) is 4.89. The zero-order valence-electron chi connectivity index (χ0n) is 13.1. The molecule has 1 aromatic heterocycles. The molecule has 1 heterocycles. The van der Waals surface area contributed by atoms with E-state index in [1.54, 1.807) is 0 Å². The molecule has 0 bridgehead atoms. The molecule has 0 saturated carbocycles. The topological polar surface area (TPSA) is 52.1 Å². The second-order valence-corrected chi connectivity index (χ2v) is 5.69. The number of fused-ring (bicyclic) bond motifs is 1. The largest absolute Gasteiger partial charge is 0.465 e. The number of nitrogens with zero attached hydrogens (tertiary/aromatic N) is 2. The molecule has 2 rings (SSSR count). The normalized spacial score (nSPS) is 12.6. The van der Waals surface area contributed by atoms with Crippen LogP contribution in [0.15, 0.2) is 24.3 Å². The van der Waals surface area contributed by atoms with Crippen LogP contribution in [0.3, 0.4) is 0 Å². The molecule has 112 valence electrons. The molecule has 0 saturated heterocycles. The molecule has 0 radical (unpaired) electrons. The van der Waals surface area contributed by atoms with E-state index in [1.165, 1.54) is 0 Å². The minimum Gasteiger partial charge on any atom is -0.465 e. The summed E-state index contributed by atoms with van der Waals surface area (Å²) in [4.78, 5) is 20.8. The Bertz CT molecular complexity index is 638. The number of rotatable bonds is 5. The highest BCUT2D eigenvalue weighted by molar-refractivity contribution is 5.80. The predicted octanol–water partition coefficient (Wildman–Crippen LogP) is 3.32. The Morgan fingerprint density at radius 1 is 1.19 bits per heavy atom. The number of carbonyl (C=O) groups excluding carboxylic acids is 1. The first-order chi connectivity index (χ1) is 9.99. The number of aryl methyl sites for hydroxylation is 1. The fourth-order valence-corrected chi connectivity index (χ4v) is 2.05. The second kappa shape index (κ2) is 6.66. The van der Waals surface area contributed by atoms with Gasteiger partial charge in [0.15, 0.2) is 0 Å². The van der Waals surface area contributed by atoms with Gasteiger partial charge in [0.05, 0.1) is 18.0 Å². The average Bonchev–Trinajstić information content (AvgIpc) is 2.46. The van der Waals surface area contributed by atoms with Gasteiger partial charge in [-0.25, -0.2) is 9.97 Å². The molecule has 1 unspecified atom stereocenters. The molecule has 0 fully saturated rings. The Morgan fingerprint density at radius 3 is 2.62 bits per heavy atom. The van der Waals surface area contributed by atoms with Gasteiger partial charge >= 0.3 is 5.97 Å². The van der Waals surface area contributed by atoms with Crippen LogP contribution in [0.4, 0.5) is 0 Å². The van der Waals surface area contributed by atoms with E-state index >= 15 is 0 Å². The number of hydrogen-bond acceptors (Lipinski definition) is 4. The summed E-state index contributed by atoms with van der Waals surface area (Å²) in [6.45, 7) is 8.22. The molecule has 0 N–H and O–H groups in total. The first-order valence-electron chi connectivity index (χ1n) is 7.38. The maximum absolute atomic E-state index is 11.8. The van der Waals surface area contributed by atoms with Crippen LogP contribution in [-0.4, -0.2) is 22.5 Å². The zero-order valence-corrected chi connectivity index (χ0v) is 13.1. The van der Waals surface area contributed by atoms with Crippen LogP contribution in [0.2, 0.25) is 0 Å². The van der Waals surface area contributed by atoms with Crippen molar-refractivity contribution in [1.29, 1.82) is 0 Å². The Balaban J connectivity index is 1.99.